The van der Waals surface area contributed by atoms with E-state index in [2.05, 4.69) is 0 Å². The molecule has 0 unspecified atom stereocenters. The molecule has 0 N–H and O–H groups in total. The van der Waals surface area contributed by atoms with Gasteiger partial charge in [0.1, 0.15) is 46.5 Å². The van der Waals surface area contributed by atoms with Crippen molar-refractivity contribution in [3.8, 4) is 44.5 Å². The van der Waals surface area contributed by atoms with Gasteiger partial charge < -0.3 is 9.80 Å². The van der Waals surface area contributed by atoms with E-state index in [0.29, 0.717) is 32.3 Å². The fourth-order valence-corrected chi connectivity index (χ4v) is 10.5. The molecule has 0 radical (unpaired) electrons. The standard InChI is InChI=1S/C64H32F12N2/c65-43-7-1-8-44(66)59(43)35-27-36(60-45(67)9-2-10-46(60)68)30-39(29-35)77(55-17-5-15-51(73)63(55)75)53-25-21-33-20-24-42-54(26-22-34-19-23-41(53)57(33)58(34)42)78(56-18-6-16-52(74)64(56)76)40-31-37(61-47(69)11-3-12-48(61)70)28-38(32-40)62-49(71)13-4-14-50(62)72/h1-32H. The van der Waals surface area contributed by atoms with Crippen LogP contribution < -0.4 is 9.80 Å². The predicted octanol–water partition coefficient (Wildman–Crippen LogP) is 19.9. The maximum Gasteiger partial charge on any atom is 0.182 e. The van der Waals surface area contributed by atoms with Crippen LogP contribution in [0.5, 0.6) is 0 Å². The maximum atomic E-state index is 16.6. The van der Waals surface area contributed by atoms with Crippen molar-refractivity contribution in [2.24, 2.45) is 0 Å². The molecule has 0 aliphatic heterocycles. The predicted molar refractivity (Wildman–Crippen MR) is 281 cm³/mol. The molecule has 0 amide bonds. The van der Waals surface area contributed by atoms with Crippen LogP contribution >= 0.6 is 0 Å². The molecule has 0 aromatic heterocycles. The maximum absolute atomic E-state index is 16.6. The van der Waals surface area contributed by atoms with Gasteiger partial charge in [0.25, 0.3) is 0 Å². The van der Waals surface area contributed by atoms with E-state index in [1.807, 2.05) is 0 Å². The number of rotatable bonds is 10. The average molecular weight is 1060 g/mol. The fourth-order valence-electron chi connectivity index (χ4n) is 10.5. The third-order valence-corrected chi connectivity index (χ3v) is 13.8. The van der Waals surface area contributed by atoms with Crippen molar-refractivity contribution in [1.29, 1.82) is 0 Å². The van der Waals surface area contributed by atoms with Gasteiger partial charge in [-0.2, -0.15) is 0 Å². The van der Waals surface area contributed by atoms with Crippen molar-refractivity contribution >= 4 is 66.4 Å². The van der Waals surface area contributed by atoms with Crippen molar-refractivity contribution in [3.05, 3.63) is 264 Å². The largest absolute Gasteiger partial charge is 0.307 e. The van der Waals surface area contributed by atoms with Gasteiger partial charge >= 0.3 is 0 Å². The van der Waals surface area contributed by atoms with Crippen molar-refractivity contribution in [3.63, 3.8) is 0 Å². The number of halogens is 12. The Morgan fingerprint density at radius 1 is 0.231 bits per heavy atom. The van der Waals surface area contributed by atoms with Gasteiger partial charge in [-0.05, 0) is 165 Å². The van der Waals surface area contributed by atoms with Crippen molar-refractivity contribution < 1.29 is 52.7 Å². The van der Waals surface area contributed by atoms with Gasteiger partial charge in [0.05, 0.1) is 45.0 Å². The summed E-state index contributed by atoms with van der Waals surface area (Å²) in [5.74, 6) is -13.6. The monoisotopic (exact) mass is 1060 g/mol. The van der Waals surface area contributed by atoms with E-state index in [-0.39, 0.29) is 45.0 Å². The molecule has 0 spiro atoms. The number of hydrogen-bond acceptors (Lipinski definition) is 2. The lowest BCUT2D eigenvalue weighted by Crippen LogP contribution is -2.14. The lowest BCUT2D eigenvalue weighted by molar-refractivity contribution is 0.510. The Morgan fingerprint density at radius 3 is 0.782 bits per heavy atom. The molecule has 0 saturated heterocycles. The highest BCUT2D eigenvalue weighted by Gasteiger charge is 2.29. The minimum Gasteiger partial charge on any atom is -0.307 e. The zero-order chi connectivity index (χ0) is 54.3. The van der Waals surface area contributed by atoms with Gasteiger partial charge in [0.2, 0.25) is 0 Å². The molecule has 382 valence electrons. The van der Waals surface area contributed by atoms with Crippen LogP contribution in [-0.4, -0.2) is 0 Å². The molecule has 0 fully saturated rings. The van der Waals surface area contributed by atoms with E-state index in [1.54, 1.807) is 48.5 Å². The number of anilines is 6. The molecule has 0 bridgehead atoms. The average Bonchev–Trinajstić information content (AvgIpc) is 3.54. The van der Waals surface area contributed by atoms with Crippen LogP contribution in [0.1, 0.15) is 0 Å². The highest BCUT2D eigenvalue weighted by Crippen LogP contribution is 2.51. The van der Waals surface area contributed by atoms with Crippen LogP contribution in [0.25, 0.3) is 76.8 Å². The van der Waals surface area contributed by atoms with Gasteiger partial charge in [-0.3, -0.25) is 0 Å². The van der Waals surface area contributed by atoms with Crippen molar-refractivity contribution in [1.82, 2.24) is 0 Å². The van der Waals surface area contributed by atoms with Crippen molar-refractivity contribution in [2.45, 2.75) is 0 Å². The highest BCUT2D eigenvalue weighted by molar-refractivity contribution is 6.28. The SMILES string of the molecule is Fc1cccc(N(c2cc(-c3c(F)cccc3F)cc(-c3c(F)cccc3F)c2)c2ccc3ccc4c(N(c5cc(-c6c(F)cccc6F)cc(-c6c(F)cccc6F)c5)c5cccc(F)c5F)ccc5ccc2c3c54)c1F. The molecular weight excluding hydrogens is 1020 g/mol. The van der Waals surface area contributed by atoms with Crippen LogP contribution in [0, 0.1) is 69.8 Å². The third-order valence-electron chi connectivity index (χ3n) is 13.8. The fraction of sp³-hybridized carbons (Fsp3) is 0. The first-order valence-corrected chi connectivity index (χ1v) is 23.9. The highest BCUT2D eigenvalue weighted by atomic mass is 19.2. The van der Waals surface area contributed by atoms with Gasteiger partial charge in [0, 0.05) is 22.1 Å². The van der Waals surface area contributed by atoms with Crippen LogP contribution in [0.4, 0.5) is 86.8 Å². The second kappa shape index (κ2) is 19.2. The molecule has 12 aromatic rings. The molecule has 14 heteroatoms. The Hall–Kier alpha value is -9.56. The summed E-state index contributed by atoms with van der Waals surface area (Å²) >= 11 is 0. The Bertz CT molecular complexity index is 3910. The van der Waals surface area contributed by atoms with Crippen LogP contribution in [-0.2, 0) is 0 Å². The van der Waals surface area contributed by atoms with Gasteiger partial charge in [-0.25, -0.2) is 52.7 Å². The molecule has 0 aliphatic carbocycles. The number of benzene rings is 12. The molecule has 78 heavy (non-hydrogen) atoms. The summed E-state index contributed by atoms with van der Waals surface area (Å²) < 4.78 is 190. The molecule has 2 nitrogen and oxygen atoms in total. The van der Waals surface area contributed by atoms with E-state index in [1.165, 1.54) is 70.5 Å². The number of hydrogen-bond donors (Lipinski definition) is 0. The summed E-state index contributed by atoms with van der Waals surface area (Å²) in [6.45, 7) is 0. The van der Waals surface area contributed by atoms with Crippen molar-refractivity contribution in [2.75, 3.05) is 9.80 Å². The first-order valence-electron chi connectivity index (χ1n) is 23.9. The van der Waals surface area contributed by atoms with Crippen LogP contribution in [0.2, 0.25) is 0 Å². The van der Waals surface area contributed by atoms with Gasteiger partial charge in [-0.1, -0.05) is 72.8 Å². The molecule has 0 heterocycles. The topological polar surface area (TPSA) is 6.48 Å². The summed E-state index contributed by atoms with van der Waals surface area (Å²) in [4.78, 5) is 2.47. The molecule has 0 saturated carbocycles. The van der Waals surface area contributed by atoms with E-state index in [0.717, 1.165) is 84.9 Å². The summed E-state index contributed by atoms with van der Waals surface area (Å²) in [5.41, 5.74) is -4.15. The summed E-state index contributed by atoms with van der Waals surface area (Å²) in [7, 11) is 0. The normalized spacial score (nSPS) is 11.6. The second-order valence-electron chi connectivity index (χ2n) is 18.3. The molecular formula is C64H32F12N2. The van der Waals surface area contributed by atoms with E-state index >= 15 is 52.7 Å². The Labute approximate surface area is 435 Å². The summed E-state index contributed by atoms with van der Waals surface area (Å²) in [5, 5.41) is 2.64. The third kappa shape index (κ3) is 8.19. The number of nitrogens with zero attached hydrogens (tertiary/aromatic N) is 2. The van der Waals surface area contributed by atoms with Gasteiger partial charge in [0.15, 0.2) is 23.3 Å². The van der Waals surface area contributed by atoms with E-state index in [4.69, 9.17) is 0 Å². The van der Waals surface area contributed by atoms with E-state index < -0.39 is 103 Å². The summed E-state index contributed by atoms with van der Waals surface area (Å²) in [6, 6.07) is 39.6. The molecule has 0 atom stereocenters. The minimum absolute atomic E-state index is 0.113. The quantitative estimate of drug-likeness (QED) is 0.0995. The van der Waals surface area contributed by atoms with Crippen LogP contribution in [0.3, 0.4) is 0 Å². The minimum atomic E-state index is -1.37. The first-order chi connectivity index (χ1) is 37.7. The molecule has 12 aromatic carbocycles. The zero-order valence-corrected chi connectivity index (χ0v) is 39.9. The van der Waals surface area contributed by atoms with E-state index in [9.17, 15) is 0 Å². The first kappa shape index (κ1) is 49.3. The second-order valence-corrected chi connectivity index (χ2v) is 18.3. The lowest BCUT2D eigenvalue weighted by atomic mass is 9.91. The zero-order valence-electron chi connectivity index (χ0n) is 39.9. The lowest BCUT2D eigenvalue weighted by Gasteiger charge is -2.30. The Morgan fingerprint density at radius 2 is 0.487 bits per heavy atom. The summed E-state index contributed by atoms with van der Waals surface area (Å²) in [6.07, 6.45) is 0. The Balaban J connectivity index is 1.15. The van der Waals surface area contributed by atoms with Gasteiger partial charge in [-0.15, -0.1) is 0 Å². The smallest absolute Gasteiger partial charge is 0.182 e. The van der Waals surface area contributed by atoms with Crippen LogP contribution in [0.15, 0.2) is 194 Å². The molecule has 12 rings (SSSR count). The molecule has 0 aliphatic rings. The Kier molecular flexibility index (Phi) is 12.2.